The fourth-order valence-corrected chi connectivity index (χ4v) is 3.65. The molecule has 0 bridgehead atoms. The average Bonchev–Trinajstić information content (AvgIpc) is 2.60. The number of unbranched alkanes of at least 4 members (excludes halogenated alkanes) is 3. The maximum Gasteiger partial charge on any atom is 0.237 e. The molecule has 1 N–H and O–H groups in total. The first-order valence-corrected chi connectivity index (χ1v) is 10.3. The van der Waals surface area contributed by atoms with Crippen molar-refractivity contribution in [1.29, 1.82) is 0 Å². The molecule has 1 unspecified atom stereocenters. The lowest BCUT2D eigenvalue weighted by Crippen LogP contribution is -2.46. The van der Waals surface area contributed by atoms with Crippen molar-refractivity contribution in [2.75, 3.05) is 25.9 Å². The molecular formula is C20H34N2OS. The van der Waals surface area contributed by atoms with E-state index in [1.54, 1.807) is 0 Å². The van der Waals surface area contributed by atoms with E-state index in [0.29, 0.717) is 0 Å². The van der Waals surface area contributed by atoms with Crippen molar-refractivity contribution in [3.05, 3.63) is 30.3 Å². The Morgan fingerprint density at radius 3 is 2.54 bits per heavy atom. The van der Waals surface area contributed by atoms with Crippen LogP contribution < -0.4 is 5.32 Å². The summed E-state index contributed by atoms with van der Waals surface area (Å²) in [5, 5.41) is 3.13. The summed E-state index contributed by atoms with van der Waals surface area (Å²) in [6.45, 7) is 6.09. The monoisotopic (exact) mass is 350 g/mol. The number of hydrogen-bond donors (Lipinski definition) is 1. The molecule has 0 heterocycles. The number of hydrogen-bond acceptors (Lipinski definition) is 3. The van der Waals surface area contributed by atoms with Crippen LogP contribution in [0.3, 0.4) is 0 Å². The van der Waals surface area contributed by atoms with Gasteiger partial charge in [-0.2, -0.15) is 0 Å². The Kier molecular flexibility index (Phi) is 11.7. The quantitative estimate of drug-likeness (QED) is 0.417. The van der Waals surface area contributed by atoms with Crippen molar-refractivity contribution < 1.29 is 4.79 Å². The molecule has 1 atom stereocenters. The second-order valence-corrected chi connectivity index (χ2v) is 7.47. The van der Waals surface area contributed by atoms with Crippen molar-refractivity contribution in [1.82, 2.24) is 10.2 Å². The van der Waals surface area contributed by atoms with Crippen LogP contribution >= 0.6 is 11.8 Å². The zero-order valence-electron chi connectivity index (χ0n) is 15.6. The van der Waals surface area contributed by atoms with Crippen LogP contribution in [0, 0.1) is 0 Å². The first-order valence-electron chi connectivity index (χ1n) is 9.34. The molecule has 0 saturated heterocycles. The summed E-state index contributed by atoms with van der Waals surface area (Å²) in [6, 6.07) is 10.4. The summed E-state index contributed by atoms with van der Waals surface area (Å²) >= 11 is 1.85. The van der Waals surface area contributed by atoms with Gasteiger partial charge in [0, 0.05) is 23.7 Å². The molecule has 24 heavy (non-hydrogen) atoms. The van der Waals surface area contributed by atoms with Gasteiger partial charge in [-0.3, -0.25) is 9.69 Å². The Morgan fingerprint density at radius 1 is 1.12 bits per heavy atom. The van der Waals surface area contributed by atoms with Crippen LogP contribution in [0.1, 0.15) is 52.4 Å². The Bertz CT molecular complexity index is 439. The lowest BCUT2D eigenvalue weighted by Gasteiger charge is -2.26. The van der Waals surface area contributed by atoms with Crippen molar-refractivity contribution in [2.45, 2.75) is 63.3 Å². The van der Waals surface area contributed by atoms with E-state index in [2.05, 4.69) is 55.4 Å². The van der Waals surface area contributed by atoms with Gasteiger partial charge in [-0.1, -0.05) is 57.7 Å². The van der Waals surface area contributed by atoms with Gasteiger partial charge in [0.15, 0.2) is 0 Å². The summed E-state index contributed by atoms with van der Waals surface area (Å²) < 4.78 is 0. The van der Waals surface area contributed by atoms with Gasteiger partial charge in [-0.15, -0.1) is 11.8 Å². The molecule has 1 aromatic rings. The average molecular weight is 351 g/mol. The maximum atomic E-state index is 12.5. The van der Waals surface area contributed by atoms with Gasteiger partial charge in [0.25, 0.3) is 0 Å². The van der Waals surface area contributed by atoms with Crippen molar-refractivity contribution in [3.8, 4) is 0 Å². The van der Waals surface area contributed by atoms with E-state index in [4.69, 9.17) is 0 Å². The van der Waals surface area contributed by atoms with Crippen LogP contribution in [-0.4, -0.2) is 42.7 Å². The molecule has 0 saturated carbocycles. The van der Waals surface area contributed by atoms with E-state index in [0.717, 1.165) is 38.1 Å². The molecule has 0 radical (unpaired) electrons. The molecule has 1 amide bonds. The fourth-order valence-electron chi connectivity index (χ4n) is 2.69. The molecule has 4 heteroatoms. The number of amides is 1. The lowest BCUT2D eigenvalue weighted by atomic mass is 10.1. The van der Waals surface area contributed by atoms with Gasteiger partial charge < -0.3 is 5.32 Å². The summed E-state index contributed by atoms with van der Waals surface area (Å²) in [6.07, 6.45) is 6.74. The van der Waals surface area contributed by atoms with E-state index in [-0.39, 0.29) is 11.9 Å². The van der Waals surface area contributed by atoms with E-state index in [1.807, 2.05) is 17.8 Å². The molecule has 0 fully saturated rings. The molecule has 0 aromatic heterocycles. The molecule has 136 valence electrons. The van der Waals surface area contributed by atoms with E-state index in [1.165, 1.54) is 24.2 Å². The normalized spacial score (nSPS) is 12.3. The SMILES string of the molecule is CCCCCCNC(=O)C(CCC)N(C)CCSc1ccccc1. The molecule has 1 rings (SSSR count). The van der Waals surface area contributed by atoms with E-state index in [9.17, 15) is 4.79 Å². The van der Waals surface area contributed by atoms with Crippen molar-refractivity contribution >= 4 is 17.7 Å². The molecule has 0 aliphatic carbocycles. The first-order chi connectivity index (χ1) is 11.7. The number of nitrogens with zero attached hydrogens (tertiary/aromatic N) is 1. The van der Waals surface area contributed by atoms with Gasteiger partial charge in [-0.25, -0.2) is 0 Å². The molecule has 3 nitrogen and oxygen atoms in total. The molecule has 0 aliphatic rings. The van der Waals surface area contributed by atoms with Gasteiger partial charge in [0.05, 0.1) is 6.04 Å². The van der Waals surface area contributed by atoms with Crippen LogP contribution in [0.4, 0.5) is 0 Å². The van der Waals surface area contributed by atoms with Crippen LogP contribution in [0.15, 0.2) is 35.2 Å². The summed E-state index contributed by atoms with van der Waals surface area (Å²) in [7, 11) is 2.07. The second kappa shape index (κ2) is 13.3. The van der Waals surface area contributed by atoms with Gasteiger partial charge in [-0.05, 0) is 32.0 Å². The topological polar surface area (TPSA) is 32.3 Å². The smallest absolute Gasteiger partial charge is 0.237 e. The number of carbonyl (C=O) groups is 1. The lowest BCUT2D eigenvalue weighted by molar-refractivity contribution is -0.126. The van der Waals surface area contributed by atoms with E-state index < -0.39 is 0 Å². The second-order valence-electron chi connectivity index (χ2n) is 6.30. The van der Waals surface area contributed by atoms with Crippen molar-refractivity contribution in [3.63, 3.8) is 0 Å². The molecular weight excluding hydrogens is 316 g/mol. The van der Waals surface area contributed by atoms with Crippen LogP contribution in [-0.2, 0) is 4.79 Å². The highest BCUT2D eigenvalue weighted by Gasteiger charge is 2.21. The van der Waals surface area contributed by atoms with Crippen molar-refractivity contribution in [2.24, 2.45) is 0 Å². The zero-order valence-corrected chi connectivity index (χ0v) is 16.4. The third-order valence-corrected chi connectivity index (χ3v) is 5.17. The minimum Gasteiger partial charge on any atom is -0.355 e. The van der Waals surface area contributed by atoms with Gasteiger partial charge in [0.1, 0.15) is 0 Å². The van der Waals surface area contributed by atoms with E-state index >= 15 is 0 Å². The third-order valence-electron chi connectivity index (χ3n) is 4.18. The predicted octanol–water partition coefficient (Wildman–Crippen LogP) is 4.58. The highest BCUT2D eigenvalue weighted by Crippen LogP contribution is 2.17. The third kappa shape index (κ3) is 8.74. The molecule has 0 spiro atoms. The minimum absolute atomic E-state index is 0.00227. The number of likely N-dealkylation sites (N-methyl/N-ethyl adjacent to an activating group) is 1. The maximum absolute atomic E-state index is 12.5. The highest BCUT2D eigenvalue weighted by molar-refractivity contribution is 7.99. The standard InChI is InChI=1S/C20H34N2OS/c1-4-6-7-11-15-21-20(23)19(12-5-2)22(3)16-17-24-18-13-9-8-10-14-18/h8-10,13-14,19H,4-7,11-12,15-17H2,1-3H3,(H,21,23). The predicted molar refractivity (Wildman–Crippen MR) is 106 cm³/mol. The summed E-state index contributed by atoms with van der Waals surface area (Å²) in [5.74, 6) is 1.20. The van der Waals surface area contributed by atoms with Gasteiger partial charge >= 0.3 is 0 Å². The first kappa shape index (κ1) is 21.0. The van der Waals surface area contributed by atoms with Crippen LogP contribution in [0.25, 0.3) is 0 Å². The largest absolute Gasteiger partial charge is 0.355 e. The zero-order chi connectivity index (χ0) is 17.6. The summed E-state index contributed by atoms with van der Waals surface area (Å²) in [4.78, 5) is 16.0. The Hall–Kier alpha value is -1.00. The highest BCUT2D eigenvalue weighted by atomic mass is 32.2. The van der Waals surface area contributed by atoms with Crippen LogP contribution in [0.2, 0.25) is 0 Å². The molecule has 1 aromatic carbocycles. The minimum atomic E-state index is -0.00227. The van der Waals surface area contributed by atoms with Gasteiger partial charge in [0.2, 0.25) is 5.91 Å². The fraction of sp³-hybridized carbons (Fsp3) is 0.650. The summed E-state index contributed by atoms with van der Waals surface area (Å²) in [5.41, 5.74) is 0. The Morgan fingerprint density at radius 2 is 1.88 bits per heavy atom. The van der Waals surface area contributed by atoms with Crippen LogP contribution in [0.5, 0.6) is 0 Å². The number of nitrogens with one attached hydrogen (secondary N) is 1. The number of carbonyl (C=O) groups excluding carboxylic acids is 1. The number of rotatable bonds is 13. The Labute approximate surface area is 152 Å². The Balaban J connectivity index is 2.34. The molecule has 0 aliphatic heterocycles. The number of benzene rings is 1. The number of thioether (sulfide) groups is 1.